The van der Waals surface area contributed by atoms with E-state index in [-0.39, 0.29) is 47.8 Å². The normalized spacial score (nSPS) is 33.8. The van der Waals surface area contributed by atoms with Gasteiger partial charge in [-0.1, -0.05) is 0 Å². The third-order valence-corrected chi connectivity index (χ3v) is 8.67. The number of nitrogens with one attached hydrogen (secondary N) is 3. The predicted octanol–water partition coefficient (Wildman–Crippen LogP) is 4.24. The Labute approximate surface area is 207 Å². The van der Waals surface area contributed by atoms with E-state index in [9.17, 15) is 17.6 Å². The van der Waals surface area contributed by atoms with E-state index in [4.69, 9.17) is 0 Å². The summed E-state index contributed by atoms with van der Waals surface area (Å²) in [6, 6.07) is 1.23. The Morgan fingerprint density at radius 3 is 2.44 bits per heavy atom. The molecule has 0 aromatic heterocycles. The van der Waals surface area contributed by atoms with Crippen LogP contribution in [0.25, 0.3) is 0 Å². The van der Waals surface area contributed by atoms with Crippen molar-refractivity contribution in [2.24, 2.45) is 17.8 Å². The number of halogens is 6. The van der Waals surface area contributed by atoms with E-state index < -0.39 is 36.4 Å². The van der Waals surface area contributed by atoms with Crippen LogP contribution < -0.4 is 16.2 Å². The van der Waals surface area contributed by atoms with Crippen LogP contribution in [-0.4, -0.2) is 73.5 Å². The second kappa shape index (κ2) is 10.3. The Kier molecular flexibility index (Phi) is 7.46. The number of likely N-dealkylation sites (tertiary alicyclic amines) is 2. The van der Waals surface area contributed by atoms with Gasteiger partial charge >= 0.3 is 6.18 Å². The van der Waals surface area contributed by atoms with Gasteiger partial charge in [-0.15, -0.1) is 0 Å². The van der Waals surface area contributed by atoms with Crippen LogP contribution in [0.15, 0.2) is 12.1 Å². The molecule has 5 rings (SSSR count). The van der Waals surface area contributed by atoms with E-state index in [1.54, 1.807) is 6.92 Å². The van der Waals surface area contributed by atoms with E-state index in [0.717, 1.165) is 6.42 Å². The maximum absolute atomic E-state index is 15.6. The van der Waals surface area contributed by atoms with Gasteiger partial charge < -0.3 is 5.32 Å². The van der Waals surface area contributed by atoms with E-state index in [1.807, 2.05) is 0 Å². The molecule has 202 valence electrons. The number of hydrogen-bond acceptors (Lipinski definition) is 5. The van der Waals surface area contributed by atoms with Gasteiger partial charge in [-0.3, -0.25) is 25.0 Å². The van der Waals surface area contributed by atoms with Crippen molar-refractivity contribution in [1.29, 1.82) is 0 Å². The van der Waals surface area contributed by atoms with Crippen molar-refractivity contribution in [3.8, 4) is 0 Å². The maximum Gasteiger partial charge on any atom is 0.401 e. The molecule has 1 aliphatic carbocycles. The molecule has 0 spiro atoms. The van der Waals surface area contributed by atoms with Gasteiger partial charge in [0, 0.05) is 55.6 Å². The summed E-state index contributed by atoms with van der Waals surface area (Å²) >= 11 is 0. The molecule has 1 aromatic carbocycles. The molecule has 3 N–H and O–H groups in total. The summed E-state index contributed by atoms with van der Waals surface area (Å²) in [6.45, 7) is 2.82. The third kappa shape index (κ3) is 5.21. The molecule has 1 saturated carbocycles. The number of piperidine rings is 1. The van der Waals surface area contributed by atoms with Crippen molar-refractivity contribution in [2.45, 2.75) is 63.0 Å². The molecule has 3 heterocycles. The van der Waals surface area contributed by atoms with E-state index in [0.29, 0.717) is 45.4 Å². The van der Waals surface area contributed by atoms with Crippen LogP contribution in [-0.2, 0) is 0 Å². The number of hydrogen-bond donors (Lipinski definition) is 3. The smallest absolute Gasteiger partial charge is 0.380 e. The summed E-state index contributed by atoms with van der Waals surface area (Å²) in [6.07, 6.45) is -2.07. The Morgan fingerprint density at radius 2 is 1.78 bits per heavy atom. The average molecular weight is 520 g/mol. The van der Waals surface area contributed by atoms with Gasteiger partial charge in [0.2, 0.25) is 0 Å². The SMILES string of the molecule is C[C@@H]1CC2C3CNNC3CCC2[C@@H](c2c(F)cc(NC3CN(CCCF)C3)cc2F)N1CC(F)(F)F. The lowest BCUT2D eigenvalue weighted by atomic mass is 9.61. The lowest BCUT2D eigenvalue weighted by molar-refractivity contribution is -0.172. The molecule has 3 saturated heterocycles. The number of alkyl halides is 4. The third-order valence-electron chi connectivity index (χ3n) is 8.67. The van der Waals surface area contributed by atoms with E-state index in [1.165, 1.54) is 17.0 Å². The van der Waals surface area contributed by atoms with Crippen LogP contribution in [0, 0.1) is 29.4 Å². The fourth-order valence-electron chi connectivity index (χ4n) is 7.14. The summed E-state index contributed by atoms with van der Waals surface area (Å²) in [5, 5.41) is 3.12. The first kappa shape index (κ1) is 26.1. The average Bonchev–Trinajstić information content (AvgIpc) is 3.25. The van der Waals surface area contributed by atoms with Crippen LogP contribution in [0.2, 0.25) is 0 Å². The molecule has 36 heavy (non-hydrogen) atoms. The molecule has 0 radical (unpaired) electrons. The molecule has 4 unspecified atom stereocenters. The maximum atomic E-state index is 15.6. The minimum Gasteiger partial charge on any atom is -0.380 e. The van der Waals surface area contributed by atoms with Gasteiger partial charge in [0.05, 0.1) is 19.3 Å². The first-order valence-electron chi connectivity index (χ1n) is 13.0. The zero-order chi connectivity index (χ0) is 25.6. The molecule has 0 bridgehead atoms. The fraction of sp³-hybridized carbons (Fsp3) is 0.760. The number of anilines is 1. The molecule has 4 fully saturated rings. The first-order valence-corrected chi connectivity index (χ1v) is 13.0. The van der Waals surface area contributed by atoms with Gasteiger partial charge in [0.15, 0.2) is 0 Å². The van der Waals surface area contributed by atoms with E-state index >= 15 is 8.78 Å². The van der Waals surface area contributed by atoms with Crippen LogP contribution in [0.4, 0.5) is 32.0 Å². The van der Waals surface area contributed by atoms with Crippen LogP contribution in [0.5, 0.6) is 0 Å². The number of benzene rings is 1. The quantitative estimate of drug-likeness (QED) is 0.471. The van der Waals surface area contributed by atoms with Crippen molar-refractivity contribution in [1.82, 2.24) is 20.7 Å². The van der Waals surface area contributed by atoms with Gasteiger partial charge in [-0.25, -0.2) is 8.78 Å². The zero-order valence-corrected chi connectivity index (χ0v) is 20.4. The van der Waals surface area contributed by atoms with Gasteiger partial charge in [-0.05, 0) is 62.5 Å². The Bertz CT molecular complexity index is 900. The standard InChI is InChI=1S/C25H35F6N5/c1-14-7-18-17(3-4-22-19(18)10-32-34-22)24(36(14)13-25(29,30)31)23-20(27)8-15(9-21(23)28)33-16-11-35(12-16)6-2-5-26/h8-9,14,16-19,22,24,32-34H,2-7,10-13H2,1H3/t14-,17?,18?,19?,22?,24+/m1/s1. The van der Waals surface area contributed by atoms with Gasteiger partial charge in [0.25, 0.3) is 0 Å². The van der Waals surface area contributed by atoms with Crippen molar-refractivity contribution in [3.05, 3.63) is 29.3 Å². The largest absolute Gasteiger partial charge is 0.401 e. The molecule has 1 aromatic rings. The number of rotatable bonds is 7. The summed E-state index contributed by atoms with van der Waals surface area (Å²) < 4.78 is 84.4. The first-order chi connectivity index (χ1) is 17.1. The Morgan fingerprint density at radius 1 is 1.06 bits per heavy atom. The molecule has 4 aliphatic rings. The molecule has 5 nitrogen and oxygen atoms in total. The summed E-state index contributed by atoms with van der Waals surface area (Å²) in [7, 11) is 0. The Hall–Kier alpha value is -1.56. The van der Waals surface area contributed by atoms with Crippen molar-refractivity contribution >= 4 is 5.69 Å². The highest BCUT2D eigenvalue weighted by Crippen LogP contribution is 2.53. The van der Waals surface area contributed by atoms with Crippen molar-refractivity contribution in [3.63, 3.8) is 0 Å². The highest BCUT2D eigenvalue weighted by molar-refractivity contribution is 5.48. The van der Waals surface area contributed by atoms with Crippen LogP contribution in [0.3, 0.4) is 0 Å². The summed E-state index contributed by atoms with van der Waals surface area (Å²) in [5.41, 5.74) is 6.46. The number of fused-ring (bicyclic) bond motifs is 3. The number of hydrazine groups is 1. The predicted molar refractivity (Wildman–Crippen MR) is 125 cm³/mol. The molecule has 11 heteroatoms. The summed E-state index contributed by atoms with van der Waals surface area (Å²) in [4.78, 5) is 3.33. The van der Waals surface area contributed by atoms with Crippen molar-refractivity contribution < 1.29 is 26.3 Å². The van der Waals surface area contributed by atoms with Crippen LogP contribution >= 0.6 is 0 Å². The highest BCUT2D eigenvalue weighted by Gasteiger charge is 2.53. The molecular formula is C25H35F6N5. The second-order valence-electron chi connectivity index (χ2n) is 11.0. The molecular weight excluding hydrogens is 484 g/mol. The fourth-order valence-corrected chi connectivity index (χ4v) is 7.14. The second-order valence-corrected chi connectivity index (χ2v) is 11.0. The van der Waals surface area contributed by atoms with Crippen LogP contribution in [0.1, 0.15) is 44.2 Å². The zero-order valence-electron chi connectivity index (χ0n) is 20.4. The minimum atomic E-state index is -4.47. The highest BCUT2D eigenvalue weighted by atomic mass is 19.4. The minimum absolute atomic E-state index is 0.00674. The van der Waals surface area contributed by atoms with Gasteiger partial charge in [0.1, 0.15) is 11.6 Å². The summed E-state index contributed by atoms with van der Waals surface area (Å²) in [5.74, 6) is -1.56. The Balaban J connectivity index is 1.41. The lowest BCUT2D eigenvalue weighted by Gasteiger charge is -2.54. The molecule has 0 amide bonds. The molecule has 6 atom stereocenters. The van der Waals surface area contributed by atoms with Crippen molar-refractivity contribution in [2.75, 3.05) is 44.7 Å². The topological polar surface area (TPSA) is 42.6 Å². The van der Waals surface area contributed by atoms with Gasteiger partial charge in [-0.2, -0.15) is 13.2 Å². The van der Waals surface area contributed by atoms with E-state index in [2.05, 4.69) is 21.1 Å². The number of nitrogens with zero attached hydrogens (tertiary/aromatic N) is 2. The monoisotopic (exact) mass is 519 g/mol. The molecule has 3 aliphatic heterocycles. The lowest BCUT2D eigenvalue weighted by Crippen LogP contribution is -2.56.